The first-order valence-corrected chi connectivity index (χ1v) is 7.75. The summed E-state index contributed by atoms with van der Waals surface area (Å²) in [6.07, 6.45) is 12.7. The monoisotopic (exact) mass is 239 g/mol. The van der Waals surface area contributed by atoms with Gasteiger partial charge < -0.3 is 10.1 Å². The van der Waals surface area contributed by atoms with E-state index in [1.54, 1.807) is 0 Å². The van der Waals surface area contributed by atoms with E-state index in [1.165, 1.54) is 64.3 Å². The quantitative estimate of drug-likeness (QED) is 0.734. The Bertz CT molecular complexity index is 197. The minimum absolute atomic E-state index is 0.565. The third-order valence-electron chi connectivity index (χ3n) is 4.45. The summed E-state index contributed by atoms with van der Waals surface area (Å²) in [5.74, 6) is 0.963. The summed E-state index contributed by atoms with van der Waals surface area (Å²) in [5, 5.41) is 3.76. The van der Waals surface area contributed by atoms with E-state index in [0.29, 0.717) is 6.10 Å². The molecule has 1 aliphatic heterocycles. The van der Waals surface area contributed by atoms with Gasteiger partial charge in [-0.05, 0) is 63.8 Å². The van der Waals surface area contributed by atoms with Gasteiger partial charge in [0.15, 0.2) is 0 Å². The molecule has 1 N–H and O–H groups in total. The first-order chi connectivity index (χ1) is 8.40. The van der Waals surface area contributed by atoms with Crippen LogP contribution in [0.25, 0.3) is 0 Å². The molecule has 1 heterocycles. The molecule has 17 heavy (non-hydrogen) atoms. The topological polar surface area (TPSA) is 21.3 Å². The van der Waals surface area contributed by atoms with E-state index >= 15 is 0 Å². The van der Waals surface area contributed by atoms with Crippen LogP contribution in [0.1, 0.15) is 64.7 Å². The molecule has 2 aliphatic rings. The molecule has 2 nitrogen and oxygen atoms in total. The predicted molar refractivity (Wildman–Crippen MR) is 72.2 cm³/mol. The van der Waals surface area contributed by atoms with E-state index in [9.17, 15) is 0 Å². The lowest BCUT2D eigenvalue weighted by Crippen LogP contribution is -2.40. The molecule has 1 aliphatic carbocycles. The van der Waals surface area contributed by atoms with E-state index in [2.05, 4.69) is 12.2 Å². The fourth-order valence-electron chi connectivity index (χ4n) is 3.08. The second-order valence-electron chi connectivity index (χ2n) is 5.82. The van der Waals surface area contributed by atoms with Gasteiger partial charge in [0.25, 0.3) is 0 Å². The number of ether oxygens (including phenoxy) is 1. The van der Waals surface area contributed by atoms with E-state index < -0.39 is 0 Å². The van der Waals surface area contributed by atoms with Crippen LogP contribution in [0.15, 0.2) is 0 Å². The second-order valence-corrected chi connectivity index (χ2v) is 5.82. The molecule has 1 saturated heterocycles. The van der Waals surface area contributed by atoms with Crippen LogP contribution in [-0.4, -0.2) is 25.3 Å². The molecule has 1 saturated carbocycles. The number of rotatable bonds is 7. The Labute approximate surface area is 107 Å². The Hall–Kier alpha value is -0.0800. The van der Waals surface area contributed by atoms with E-state index in [1.807, 2.05) is 0 Å². The fourth-order valence-corrected chi connectivity index (χ4v) is 3.08. The number of hydrogen-bond acceptors (Lipinski definition) is 2. The van der Waals surface area contributed by atoms with Gasteiger partial charge in [-0.15, -0.1) is 0 Å². The molecule has 0 radical (unpaired) electrons. The van der Waals surface area contributed by atoms with Gasteiger partial charge in [-0.3, -0.25) is 0 Å². The zero-order valence-electron chi connectivity index (χ0n) is 11.4. The smallest absolute Gasteiger partial charge is 0.0575 e. The Morgan fingerprint density at radius 1 is 1.18 bits per heavy atom. The lowest BCUT2D eigenvalue weighted by atomic mass is 9.77. The van der Waals surface area contributed by atoms with Crippen molar-refractivity contribution in [3.63, 3.8) is 0 Å². The molecular weight excluding hydrogens is 210 g/mol. The number of nitrogens with one attached hydrogen (secondary N) is 1. The van der Waals surface area contributed by atoms with E-state index in [-0.39, 0.29) is 0 Å². The lowest BCUT2D eigenvalue weighted by Gasteiger charge is -2.35. The summed E-state index contributed by atoms with van der Waals surface area (Å²) in [5.41, 5.74) is 0. The van der Waals surface area contributed by atoms with Gasteiger partial charge in [0.2, 0.25) is 0 Å². The van der Waals surface area contributed by atoms with Crippen LogP contribution in [0.2, 0.25) is 0 Å². The molecule has 2 heteroatoms. The SMILES string of the molecule is CCCNC(CCC1CCCCO1)C1CCC1. The Kier molecular flexibility index (Phi) is 5.79. The standard InChI is InChI=1S/C15H29NO/c1-2-11-16-15(13-6-5-7-13)10-9-14-8-3-4-12-17-14/h13-16H,2-12H2,1H3. The van der Waals surface area contributed by atoms with Crippen molar-refractivity contribution in [3.05, 3.63) is 0 Å². The maximum atomic E-state index is 5.84. The average molecular weight is 239 g/mol. The maximum absolute atomic E-state index is 5.84. The zero-order chi connectivity index (χ0) is 11.9. The van der Waals surface area contributed by atoms with Crippen molar-refractivity contribution in [2.24, 2.45) is 5.92 Å². The first-order valence-electron chi connectivity index (χ1n) is 7.75. The van der Waals surface area contributed by atoms with Gasteiger partial charge in [-0.1, -0.05) is 13.3 Å². The highest BCUT2D eigenvalue weighted by Crippen LogP contribution is 2.32. The van der Waals surface area contributed by atoms with Crippen LogP contribution in [0.3, 0.4) is 0 Å². The summed E-state index contributed by atoms with van der Waals surface area (Å²) in [7, 11) is 0. The van der Waals surface area contributed by atoms with Crippen molar-refractivity contribution < 1.29 is 4.74 Å². The predicted octanol–water partition coefficient (Wildman–Crippen LogP) is 3.50. The largest absolute Gasteiger partial charge is 0.378 e. The molecule has 2 atom stereocenters. The Morgan fingerprint density at radius 3 is 2.65 bits per heavy atom. The molecule has 0 aromatic rings. The Morgan fingerprint density at radius 2 is 2.06 bits per heavy atom. The molecule has 0 spiro atoms. The Balaban J connectivity index is 1.67. The molecule has 2 rings (SSSR count). The van der Waals surface area contributed by atoms with Crippen LogP contribution in [-0.2, 0) is 4.74 Å². The van der Waals surface area contributed by atoms with Gasteiger partial charge in [-0.25, -0.2) is 0 Å². The van der Waals surface area contributed by atoms with Crippen molar-refractivity contribution >= 4 is 0 Å². The minimum Gasteiger partial charge on any atom is -0.378 e. The molecule has 2 unspecified atom stereocenters. The van der Waals surface area contributed by atoms with E-state index in [0.717, 1.165) is 18.6 Å². The summed E-state index contributed by atoms with van der Waals surface area (Å²) < 4.78 is 5.84. The van der Waals surface area contributed by atoms with Crippen LogP contribution in [0.5, 0.6) is 0 Å². The second kappa shape index (κ2) is 7.38. The van der Waals surface area contributed by atoms with Crippen molar-refractivity contribution in [1.82, 2.24) is 5.32 Å². The van der Waals surface area contributed by atoms with Crippen molar-refractivity contribution in [2.45, 2.75) is 76.9 Å². The zero-order valence-corrected chi connectivity index (χ0v) is 11.4. The molecule has 0 aromatic heterocycles. The first kappa shape index (κ1) is 13.4. The summed E-state index contributed by atoms with van der Waals surface area (Å²) in [4.78, 5) is 0. The third kappa shape index (κ3) is 4.26. The molecular formula is C15H29NO. The number of hydrogen-bond donors (Lipinski definition) is 1. The highest BCUT2D eigenvalue weighted by molar-refractivity contribution is 4.83. The fraction of sp³-hybridized carbons (Fsp3) is 1.00. The van der Waals surface area contributed by atoms with Gasteiger partial charge in [-0.2, -0.15) is 0 Å². The minimum atomic E-state index is 0.565. The third-order valence-corrected chi connectivity index (χ3v) is 4.45. The van der Waals surface area contributed by atoms with Crippen LogP contribution >= 0.6 is 0 Å². The van der Waals surface area contributed by atoms with Gasteiger partial charge in [0.05, 0.1) is 6.10 Å². The van der Waals surface area contributed by atoms with Crippen LogP contribution in [0, 0.1) is 5.92 Å². The molecule has 0 amide bonds. The molecule has 2 fully saturated rings. The molecule has 0 bridgehead atoms. The molecule has 0 aromatic carbocycles. The lowest BCUT2D eigenvalue weighted by molar-refractivity contribution is 0.00643. The summed E-state index contributed by atoms with van der Waals surface area (Å²) >= 11 is 0. The summed E-state index contributed by atoms with van der Waals surface area (Å²) in [6, 6.07) is 0.772. The van der Waals surface area contributed by atoms with E-state index in [4.69, 9.17) is 4.74 Å². The highest BCUT2D eigenvalue weighted by atomic mass is 16.5. The van der Waals surface area contributed by atoms with Gasteiger partial charge >= 0.3 is 0 Å². The van der Waals surface area contributed by atoms with Gasteiger partial charge in [0, 0.05) is 12.6 Å². The van der Waals surface area contributed by atoms with Crippen LogP contribution < -0.4 is 5.32 Å². The average Bonchev–Trinajstić information content (AvgIpc) is 2.31. The van der Waals surface area contributed by atoms with Crippen molar-refractivity contribution in [3.8, 4) is 0 Å². The van der Waals surface area contributed by atoms with Crippen molar-refractivity contribution in [2.75, 3.05) is 13.2 Å². The van der Waals surface area contributed by atoms with Crippen molar-refractivity contribution in [1.29, 1.82) is 0 Å². The highest BCUT2D eigenvalue weighted by Gasteiger charge is 2.27. The van der Waals surface area contributed by atoms with Gasteiger partial charge in [0.1, 0.15) is 0 Å². The summed E-state index contributed by atoms with van der Waals surface area (Å²) in [6.45, 7) is 4.45. The maximum Gasteiger partial charge on any atom is 0.0575 e. The van der Waals surface area contributed by atoms with Crippen LogP contribution in [0.4, 0.5) is 0 Å². The normalized spacial score (nSPS) is 27.7. The molecule has 100 valence electrons.